The van der Waals surface area contributed by atoms with E-state index in [-0.39, 0.29) is 5.56 Å². The largest absolute Gasteiger partial charge is 0.311 e. The lowest BCUT2D eigenvalue weighted by molar-refractivity contribution is 1.07. The predicted molar refractivity (Wildman–Crippen MR) is 64.5 cm³/mol. The second-order valence-corrected chi connectivity index (χ2v) is 3.93. The summed E-state index contributed by atoms with van der Waals surface area (Å²) in [5, 5.41) is 0.644. The first-order chi connectivity index (χ1) is 8.25. The summed E-state index contributed by atoms with van der Waals surface area (Å²) in [4.78, 5) is 22.3. The number of nitrogens with zero attached hydrogens (tertiary/aromatic N) is 3. The van der Waals surface area contributed by atoms with Crippen molar-refractivity contribution in [2.45, 2.75) is 0 Å². The third kappa shape index (κ3) is 1.60. The van der Waals surface area contributed by atoms with Gasteiger partial charge in [0.1, 0.15) is 6.33 Å². The van der Waals surface area contributed by atoms with Crippen molar-refractivity contribution >= 4 is 22.8 Å². The molecule has 3 aromatic rings. The Morgan fingerprint density at radius 1 is 1.18 bits per heavy atom. The Hall–Kier alpha value is -2.14. The van der Waals surface area contributed by atoms with Gasteiger partial charge in [0.15, 0.2) is 11.2 Å². The molecule has 0 aliphatic carbocycles. The molecule has 0 fully saturated rings. The van der Waals surface area contributed by atoms with Crippen molar-refractivity contribution < 1.29 is 0 Å². The summed E-state index contributed by atoms with van der Waals surface area (Å²) < 4.78 is 1.68. The molecule has 0 saturated carbocycles. The summed E-state index contributed by atoms with van der Waals surface area (Å²) in [5.41, 5.74) is 1.44. The van der Waals surface area contributed by atoms with Crippen LogP contribution in [0.5, 0.6) is 0 Å². The molecule has 0 amide bonds. The van der Waals surface area contributed by atoms with Gasteiger partial charge in [0.2, 0.25) is 0 Å². The van der Waals surface area contributed by atoms with E-state index in [1.807, 2.05) is 12.1 Å². The van der Waals surface area contributed by atoms with E-state index in [4.69, 9.17) is 11.6 Å². The van der Waals surface area contributed by atoms with E-state index >= 15 is 0 Å². The number of hydrogen-bond acceptors (Lipinski definition) is 3. The lowest BCUT2D eigenvalue weighted by atomic mass is 10.3. The Labute approximate surface area is 101 Å². The molecule has 6 heteroatoms. The number of nitrogens with one attached hydrogen (secondary N) is 1. The number of fused-ring (bicyclic) bond motifs is 1. The van der Waals surface area contributed by atoms with Crippen LogP contribution in [0.2, 0.25) is 5.02 Å². The van der Waals surface area contributed by atoms with Gasteiger partial charge in [-0.1, -0.05) is 11.6 Å². The second kappa shape index (κ2) is 3.71. The fourth-order valence-corrected chi connectivity index (χ4v) is 1.79. The van der Waals surface area contributed by atoms with Gasteiger partial charge in [0.05, 0.1) is 6.33 Å². The first kappa shape index (κ1) is 10.0. The third-order valence-corrected chi connectivity index (χ3v) is 2.70. The standard InChI is InChI=1S/C11H7ClN4O/c12-7-1-3-8(4-2-7)16-6-15-10-9(16)11(17)14-5-13-10/h1-6H,(H,13,14,17). The summed E-state index contributed by atoms with van der Waals surface area (Å²) in [6.07, 6.45) is 2.90. The highest BCUT2D eigenvalue weighted by Crippen LogP contribution is 2.16. The molecule has 3 rings (SSSR count). The first-order valence-electron chi connectivity index (χ1n) is 4.92. The molecule has 5 nitrogen and oxygen atoms in total. The Balaban J connectivity index is 2.31. The molecule has 0 bridgehead atoms. The van der Waals surface area contributed by atoms with Crippen molar-refractivity contribution in [3.05, 3.63) is 52.3 Å². The van der Waals surface area contributed by atoms with Crippen LogP contribution in [0.1, 0.15) is 0 Å². The van der Waals surface area contributed by atoms with Gasteiger partial charge in [-0.15, -0.1) is 0 Å². The highest BCUT2D eigenvalue weighted by molar-refractivity contribution is 6.30. The molecular formula is C11H7ClN4O. The average Bonchev–Trinajstić information content (AvgIpc) is 2.75. The lowest BCUT2D eigenvalue weighted by Crippen LogP contribution is -2.09. The zero-order valence-corrected chi connectivity index (χ0v) is 9.35. The Morgan fingerprint density at radius 2 is 1.94 bits per heavy atom. The monoisotopic (exact) mass is 246 g/mol. The third-order valence-electron chi connectivity index (χ3n) is 2.45. The number of halogens is 1. The Morgan fingerprint density at radius 3 is 2.71 bits per heavy atom. The molecule has 0 spiro atoms. The van der Waals surface area contributed by atoms with E-state index in [1.54, 1.807) is 23.0 Å². The maximum Gasteiger partial charge on any atom is 0.277 e. The van der Waals surface area contributed by atoms with E-state index in [1.165, 1.54) is 6.33 Å². The van der Waals surface area contributed by atoms with Crippen LogP contribution in [0.15, 0.2) is 41.7 Å². The number of imidazole rings is 1. The van der Waals surface area contributed by atoms with E-state index in [2.05, 4.69) is 15.0 Å². The van der Waals surface area contributed by atoms with Crippen molar-refractivity contribution in [3.63, 3.8) is 0 Å². The number of aromatic nitrogens is 4. The molecule has 2 aromatic heterocycles. The van der Waals surface area contributed by atoms with Crippen LogP contribution in [0.4, 0.5) is 0 Å². The summed E-state index contributed by atoms with van der Waals surface area (Å²) in [7, 11) is 0. The lowest BCUT2D eigenvalue weighted by Gasteiger charge is -2.02. The zero-order chi connectivity index (χ0) is 11.8. The van der Waals surface area contributed by atoms with Crippen LogP contribution in [-0.2, 0) is 0 Å². The number of aromatic amines is 1. The van der Waals surface area contributed by atoms with Gasteiger partial charge in [-0.3, -0.25) is 9.36 Å². The van der Waals surface area contributed by atoms with Crippen LogP contribution in [-0.4, -0.2) is 19.5 Å². The molecule has 0 radical (unpaired) electrons. The smallest absolute Gasteiger partial charge is 0.277 e. The van der Waals surface area contributed by atoms with Crippen molar-refractivity contribution in [1.29, 1.82) is 0 Å². The Kier molecular flexibility index (Phi) is 2.19. The molecule has 1 N–H and O–H groups in total. The van der Waals surface area contributed by atoms with Crippen molar-refractivity contribution in [2.24, 2.45) is 0 Å². The topological polar surface area (TPSA) is 63.6 Å². The SMILES string of the molecule is O=c1[nH]cnc2ncn(-c3ccc(Cl)cc3)c12. The molecule has 0 saturated heterocycles. The van der Waals surface area contributed by atoms with Gasteiger partial charge in [-0.05, 0) is 24.3 Å². The quantitative estimate of drug-likeness (QED) is 0.712. The average molecular weight is 247 g/mol. The van der Waals surface area contributed by atoms with Gasteiger partial charge in [0.25, 0.3) is 5.56 Å². The molecule has 0 unspecified atom stereocenters. The maximum atomic E-state index is 11.7. The maximum absolute atomic E-state index is 11.7. The molecule has 0 atom stereocenters. The van der Waals surface area contributed by atoms with Gasteiger partial charge < -0.3 is 4.98 Å². The molecule has 0 aliphatic rings. The first-order valence-corrected chi connectivity index (χ1v) is 5.30. The number of rotatable bonds is 1. The fourth-order valence-electron chi connectivity index (χ4n) is 1.66. The summed E-state index contributed by atoms with van der Waals surface area (Å²) in [6, 6.07) is 7.15. The molecule has 2 heterocycles. The van der Waals surface area contributed by atoms with Crippen molar-refractivity contribution in [3.8, 4) is 5.69 Å². The molecular weight excluding hydrogens is 240 g/mol. The number of benzene rings is 1. The minimum absolute atomic E-state index is 0.220. The van der Waals surface area contributed by atoms with E-state index in [0.717, 1.165) is 5.69 Å². The fraction of sp³-hybridized carbons (Fsp3) is 0. The highest BCUT2D eigenvalue weighted by atomic mass is 35.5. The minimum atomic E-state index is -0.220. The normalized spacial score (nSPS) is 10.9. The van der Waals surface area contributed by atoms with Gasteiger partial charge >= 0.3 is 0 Å². The minimum Gasteiger partial charge on any atom is -0.311 e. The number of hydrogen-bond donors (Lipinski definition) is 1. The van der Waals surface area contributed by atoms with Gasteiger partial charge in [0, 0.05) is 10.7 Å². The second-order valence-electron chi connectivity index (χ2n) is 3.49. The van der Waals surface area contributed by atoms with Crippen LogP contribution in [0.3, 0.4) is 0 Å². The summed E-state index contributed by atoms with van der Waals surface area (Å²) in [6.45, 7) is 0. The van der Waals surface area contributed by atoms with Gasteiger partial charge in [-0.25, -0.2) is 9.97 Å². The van der Waals surface area contributed by atoms with Crippen LogP contribution < -0.4 is 5.56 Å². The van der Waals surface area contributed by atoms with E-state index < -0.39 is 0 Å². The molecule has 0 aliphatic heterocycles. The highest BCUT2D eigenvalue weighted by Gasteiger charge is 2.08. The van der Waals surface area contributed by atoms with Crippen LogP contribution in [0.25, 0.3) is 16.9 Å². The number of H-pyrrole nitrogens is 1. The van der Waals surface area contributed by atoms with Crippen molar-refractivity contribution in [2.75, 3.05) is 0 Å². The Bertz CT molecular complexity index is 729. The van der Waals surface area contributed by atoms with Crippen LogP contribution >= 0.6 is 11.6 Å². The predicted octanol–water partition coefficient (Wildman–Crippen LogP) is 1.76. The molecule has 84 valence electrons. The summed E-state index contributed by atoms with van der Waals surface area (Å²) >= 11 is 5.82. The van der Waals surface area contributed by atoms with Crippen LogP contribution in [0, 0.1) is 0 Å². The van der Waals surface area contributed by atoms with E-state index in [9.17, 15) is 4.79 Å². The van der Waals surface area contributed by atoms with Crippen molar-refractivity contribution in [1.82, 2.24) is 19.5 Å². The zero-order valence-electron chi connectivity index (χ0n) is 8.59. The summed E-state index contributed by atoms with van der Waals surface area (Å²) in [5.74, 6) is 0. The molecule has 17 heavy (non-hydrogen) atoms. The van der Waals surface area contributed by atoms with Gasteiger partial charge in [-0.2, -0.15) is 0 Å². The molecule has 1 aromatic carbocycles. The van der Waals surface area contributed by atoms with E-state index in [0.29, 0.717) is 16.2 Å².